The van der Waals surface area contributed by atoms with Crippen molar-refractivity contribution in [1.82, 2.24) is 14.7 Å². The fraction of sp³-hybridized carbons (Fsp3) is 0.594. The Morgan fingerprint density at radius 2 is 1.77 bits per heavy atom. The van der Waals surface area contributed by atoms with Crippen LogP contribution in [0.25, 0.3) is 0 Å². The average Bonchev–Trinajstić information content (AvgIpc) is 3.49. The molecule has 1 N–H and O–H groups in total. The van der Waals surface area contributed by atoms with Gasteiger partial charge in [-0.15, -0.1) is 24.9 Å². The van der Waals surface area contributed by atoms with Crippen LogP contribution in [0.5, 0.6) is 0 Å². The van der Waals surface area contributed by atoms with Crippen LogP contribution in [-0.4, -0.2) is 85.3 Å². The Balaban J connectivity index is 1.81. The number of likely N-dealkylation sites (tertiary alicyclic amines) is 1. The molecule has 40 heavy (non-hydrogen) atoms. The number of carbonyl (C=O) groups excluding carboxylic acids is 3. The van der Waals surface area contributed by atoms with E-state index in [4.69, 9.17) is 0 Å². The number of thioether (sulfide) groups is 1. The zero-order valence-corrected chi connectivity index (χ0v) is 25.2. The predicted octanol–water partition coefficient (Wildman–Crippen LogP) is 4.12. The van der Waals surface area contributed by atoms with Crippen molar-refractivity contribution in [3.63, 3.8) is 0 Å². The van der Waals surface area contributed by atoms with E-state index in [1.165, 1.54) is 0 Å². The van der Waals surface area contributed by atoms with E-state index in [2.05, 4.69) is 20.1 Å². The maximum absolute atomic E-state index is 14.7. The van der Waals surface area contributed by atoms with Crippen molar-refractivity contribution in [2.24, 2.45) is 17.8 Å². The molecule has 8 heteroatoms. The number of carbonyl (C=O) groups is 3. The number of benzene rings is 1. The summed E-state index contributed by atoms with van der Waals surface area (Å²) in [4.78, 5) is 48.6. The van der Waals surface area contributed by atoms with E-state index in [1.807, 2.05) is 56.0 Å². The summed E-state index contributed by atoms with van der Waals surface area (Å²) in [5.74, 6) is -1.54. The third-order valence-electron chi connectivity index (χ3n) is 9.06. The van der Waals surface area contributed by atoms with Crippen LogP contribution in [0.1, 0.15) is 52.5 Å². The van der Waals surface area contributed by atoms with Gasteiger partial charge in [-0.1, -0.05) is 63.3 Å². The molecule has 6 atom stereocenters. The molecule has 0 saturated carbocycles. The highest BCUT2D eigenvalue weighted by Gasteiger charge is 2.78. The first-order valence-corrected chi connectivity index (χ1v) is 15.4. The van der Waals surface area contributed by atoms with Gasteiger partial charge in [-0.3, -0.25) is 14.4 Å². The Kier molecular flexibility index (Phi) is 9.20. The zero-order valence-electron chi connectivity index (χ0n) is 24.4. The lowest BCUT2D eigenvalue weighted by Gasteiger charge is -2.40. The lowest BCUT2D eigenvalue weighted by atomic mass is 9.66. The number of rotatable bonds is 13. The lowest BCUT2D eigenvalue weighted by molar-refractivity contribution is -0.148. The minimum absolute atomic E-state index is 0.0259. The van der Waals surface area contributed by atoms with E-state index in [9.17, 15) is 19.5 Å². The van der Waals surface area contributed by atoms with Gasteiger partial charge in [0.25, 0.3) is 0 Å². The van der Waals surface area contributed by atoms with Crippen LogP contribution in [0.4, 0.5) is 0 Å². The van der Waals surface area contributed by atoms with E-state index >= 15 is 0 Å². The van der Waals surface area contributed by atoms with Crippen LogP contribution in [0.2, 0.25) is 0 Å². The normalized spacial score (nSPS) is 29.4. The summed E-state index contributed by atoms with van der Waals surface area (Å²) in [5, 5.41) is 10.5. The molecular formula is C32H45N3O4S. The molecule has 3 amide bonds. The number of fused-ring (bicyclic) bond motifs is 1. The van der Waals surface area contributed by atoms with Gasteiger partial charge in [0.15, 0.2) is 0 Å². The summed E-state index contributed by atoms with van der Waals surface area (Å²) in [6.45, 7) is 17.3. The van der Waals surface area contributed by atoms with E-state index in [0.717, 1.165) is 18.4 Å². The van der Waals surface area contributed by atoms with Crippen LogP contribution in [0.3, 0.4) is 0 Å². The fourth-order valence-electron chi connectivity index (χ4n) is 7.28. The van der Waals surface area contributed by atoms with Crippen molar-refractivity contribution in [3.8, 4) is 0 Å². The molecule has 3 aliphatic rings. The minimum Gasteiger partial charge on any atom is -0.394 e. The molecule has 0 radical (unpaired) electrons. The molecule has 1 spiro atoms. The molecule has 1 aromatic rings. The van der Waals surface area contributed by atoms with E-state index in [1.54, 1.807) is 33.7 Å². The second-order valence-electron chi connectivity index (χ2n) is 12.0. The molecular weight excluding hydrogens is 522 g/mol. The minimum atomic E-state index is -0.767. The van der Waals surface area contributed by atoms with Gasteiger partial charge < -0.3 is 19.8 Å². The maximum Gasteiger partial charge on any atom is 0.247 e. The maximum atomic E-state index is 14.7. The van der Waals surface area contributed by atoms with Gasteiger partial charge in [-0.25, -0.2) is 0 Å². The van der Waals surface area contributed by atoms with Crippen molar-refractivity contribution >= 4 is 29.5 Å². The molecule has 3 heterocycles. The Bertz CT molecular complexity index is 1130. The summed E-state index contributed by atoms with van der Waals surface area (Å²) in [7, 11) is 0. The molecule has 7 nitrogen and oxygen atoms in total. The van der Waals surface area contributed by atoms with E-state index in [-0.39, 0.29) is 30.2 Å². The molecule has 3 saturated heterocycles. The number of aliphatic hydroxyl groups is 1. The molecule has 3 aliphatic heterocycles. The largest absolute Gasteiger partial charge is 0.394 e. The van der Waals surface area contributed by atoms with Crippen LogP contribution < -0.4 is 0 Å². The Morgan fingerprint density at radius 3 is 2.35 bits per heavy atom. The number of hydrogen-bond donors (Lipinski definition) is 1. The molecule has 1 aromatic carbocycles. The summed E-state index contributed by atoms with van der Waals surface area (Å²) in [5.41, 5.74) is 0.994. The highest BCUT2D eigenvalue weighted by molar-refractivity contribution is 8.02. The first-order valence-electron chi connectivity index (χ1n) is 14.6. The fourth-order valence-corrected chi connectivity index (χ4v) is 9.61. The van der Waals surface area contributed by atoms with Crippen molar-refractivity contribution in [1.29, 1.82) is 0 Å². The molecule has 218 valence electrons. The summed E-state index contributed by atoms with van der Waals surface area (Å²) in [6, 6.07) is 8.52. The SMILES string of the molecule is C=CCN(Cc1ccccc1)C(=O)C1N([C@@H](CO)C(C)C)C(=O)[C@@H]2[C@H](C(=O)N(CC=C)CCC)[C@]3(C)CCC12S3. The van der Waals surface area contributed by atoms with Gasteiger partial charge >= 0.3 is 0 Å². The van der Waals surface area contributed by atoms with Crippen molar-refractivity contribution < 1.29 is 19.5 Å². The summed E-state index contributed by atoms with van der Waals surface area (Å²) in [6.07, 6.45) is 5.70. The Morgan fingerprint density at radius 1 is 1.12 bits per heavy atom. The highest BCUT2D eigenvalue weighted by atomic mass is 32.2. The Hall–Kier alpha value is -2.58. The second-order valence-corrected chi connectivity index (χ2v) is 13.9. The van der Waals surface area contributed by atoms with E-state index in [0.29, 0.717) is 32.6 Å². The molecule has 2 bridgehead atoms. The highest BCUT2D eigenvalue weighted by Crippen LogP contribution is 2.72. The number of hydrogen-bond acceptors (Lipinski definition) is 5. The van der Waals surface area contributed by atoms with Crippen LogP contribution in [-0.2, 0) is 20.9 Å². The van der Waals surface area contributed by atoms with E-state index < -0.39 is 33.4 Å². The first kappa shape index (κ1) is 30.4. The Labute approximate surface area is 243 Å². The lowest BCUT2D eigenvalue weighted by Crippen LogP contribution is -2.58. The van der Waals surface area contributed by atoms with Gasteiger partial charge in [0.1, 0.15) is 6.04 Å². The summed E-state index contributed by atoms with van der Waals surface area (Å²) >= 11 is 1.68. The standard InChI is InChI=1S/C32H45N3O4S/c1-7-17-33(18-8-2)28(37)25-26-29(38)35(24(21-36)22(4)5)27(32(26)16-15-31(25,6)40-32)30(39)34(19-9-3)20-23-13-11-10-12-14-23/h7,9-14,22,24-27,36H,1,3,8,15-21H2,2,4-6H3/t24-,25+,26-,27?,31-,32?/m0/s1. The van der Waals surface area contributed by atoms with Crippen LogP contribution >= 0.6 is 11.8 Å². The van der Waals surface area contributed by atoms with Crippen molar-refractivity contribution in [2.75, 3.05) is 26.2 Å². The van der Waals surface area contributed by atoms with Gasteiger partial charge in [-0.2, -0.15) is 0 Å². The topological polar surface area (TPSA) is 81.2 Å². The predicted molar refractivity (Wildman–Crippen MR) is 160 cm³/mol. The van der Waals surface area contributed by atoms with Gasteiger partial charge in [0.05, 0.1) is 29.2 Å². The van der Waals surface area contributed by atoms with Gasteiger partial charge in [0.2, 0.25) is 17.7 Å². The molecule has 0 aromatic heterocycles. The average molecular weight is 568 g/mol. The van der Waals surface area contributed by atoms with Gasteiger partial charge in [0, 0.05) is 30.9 Å². The second kappa shape index (κ2) is 12.1. The molecule has 2 unspecified atom stereocenters. The smallest absolute Gasteiger partial charge is 0.247 e. The monoisotopic (exact) mass is 567 g/mol. The van der Waals surface area contributed by atoms with Crippen molar-refractivity contribution in [2.45, 2.75) is 75.1 Å². The first-order chi connectivity index (χ1) is 19.1. The third-order valence-corrected chi connectivity index (χ3v) is 11.0. The third kappa shape index (κ3) is 5.02. The summed E-state index contributed by atoms with van der Waals surface area (Å²) < 4.78 is -1.17. The number of aliphatic hydroxyl groups excluding tert-OH is 1. The number of amides is 3. The molecule has 4 rings (SSSR count). The van der Waals surface area contributed by atoms with Crippen molar-refractivity contribution in [3.05, 3.63) is 61.2 Å². The quantitative estimate of drug-likeness (QED) is 0.363. The van der Waals surface area contributed by atoms with Crippen LogP contribution in [0, 0.1) is 17.8 Å². The van der Waals surface area contributed by atoms with Crippen LogP contribution in [0.15, 0.2) is 55.6 Å². The molecule has 3 fully saturated rings. The van der Waals surface area contributed by atoms with Gasteiger partial charge in [-0.05, 0) is 37.7 Å². The molecule has 0 aliphatic carbocycles. The zero-order chi connectivity index (χ0) is 29.2. The number of nitrogens with zero attached hydrogens (tertiary/aromatic N) is 3.